The summed E-state index contributed by atoms with van der Waals surface area (Å²) < 4.78 is 116. The lowest BCUT2D eigenvalue weighted by Crippen LogP contribution is -2.60. The molecule has 1 atom stereocenters. The fourth-order valence-corrected chi connectivity index (χ4v) is 1.35. The molecule has 0 aromatic carbocycles. The summed E-state index contributed by atoms with van der Waals surface area (Å²) in [4.78, 5) is 0. The maximum atomic E-state index is 12.9. The van der Waals surface area contributed by atoms with Crippen molar-refractivity contribution in [3.8, 4) is 0 Å². The number of ether oxygens (including phenoxy) is 1. The molecular formula is C9H9F9O. The van der Waals surface area contributed by atoms with Crippen molar-refractivity contribution in [3.63, 3.8) is 0 Å². The molecule has 1 unspecified atom stereocenters. The second-order valence-electron chi connectivity index (χ2n) is 4.20. The molecule has 0 radical (unpaired) electrons. The van der Waals surface area contributed by atoms with Crippen molar-refractivity contribution in [3.05, 3.63) is 0 Å². The van der Waals surface area contributed by atoms with Gasteiger partial charge < -0.3 is 4.74 Å². The van der Waals surface area contributed by atoms with Crippen LogP contribution >= 0.6 is 0 Å². The van der Waals surface area contributed by atoms with E-state index in [0.717, 1.165) is 0 Å². The van der Waals surface area contributed by atoms with E-state index in [0.29, 0.717) is 0 Å². The van der Waals surface area contributed by atoms with E-state index in [1.54, 1.807) is 0 Å². The molecule has 1 aliphatic rings. The second kappa shape index (κ2) is 4.71. The number of rotatable bonds is 6. The third kappa shape index (κ3) is 3.09. The number of hydrogen-bond donors (Lipinski definition) is 0. The molecule has 0 aromatic rings. The average molecular weight is 304 g/mol. The Hall–Kier alpha value is -0.670. The summed E-state index contributed by atoms with van der Waals surface area (Å²) in [7, 11) is 0. The van der Waals surface area contributed by atoms with Crippen LogP contribution in [0.15, 0.2) is 0 Å². The molecule has 0 spiro atoms. The van der Waals surface area contributed by atoms with Gasteiger partial charge in [-0.3, -0.25) is 0 Å². The Labute approximate surface area is 101 Å². The zero-order valence-corrected chi connectivity index (χ0v) is 9.22. The van der Waals surface area contributed by atoms with Gasteiger partial charge in [-0.05, 0) is 12.8 Å². The third-order valence-electron chi connectivity index (χ3n) is 2.63. The van der Waals surface area contributed by atoms with E-state index in [-0.39, 0.29) is 13.0 Å². The maximum absolute atomic E-state index is 12.9. The van der Waals surface area contributed by atoms with Crippen molar-refractivity contribution in [2.75, 3.05) is 6.61 Å². The number of alkyl halides is 9. The third-order valence-corrected chi connectivity index (χ3v) is 2.63. The van der Waals surface area contributed by atoms with Crippen molar-refractivity contribution < 1.29 is 44.3 Å². The first-order valence-electron chi connectivity index (χ1n) is 5.15. The van der Waals surface area contributed by atoms with Gasteiger partial charge >= 0.3 is 23.9 Å². The van der Waals surface area contributed by atoms with Crippen LogP contribution < -0.4 is 0 Å². The zero-order chi connectivity index (χ0) is 15.1. The van der Waals surface area contributed by atoms with E-state index >= 15 is 0 Å². The van der Waals surface area contributed by atoms with Crippen LogP contribution in [0.1, 0.15) is 19.3 Å². The molecule has 0 aromatic heterocycles. The smallest absolute Gasteiger partial charge is 0.373 e. The first kappa shape index (κ1) is 16.4. The summed E-state index contributed by atoms with van der Waals surface area (Å²) >= 11 is 0. The highest BCUT2D eigenvalue weighted by Gasteiger charge is 2.81. The van der Waals surface area contributed by atoms with E-state index in [1.807, 2.05) is 0 Å². The number of hydrogen-bond acceptors (Lipinski definition) is 1. The minimum atomic E-state index is -6.79. The van der Waals surface area contributed by atoms with Gasteiger partial charge in [-0.25, -0.2) is 0 Å². The lowest BCUT2D eigenvalue weighted by Gasteiger charge is -2.33. The summed E-state index contributed by atoms with van der Waals surface area (Å²) in [6, 6.07) is 0. The quantitative estimate of drug-likeness (QED) is 0.533. The standard InChI is InChI=1S/C9H9F9O/c10-6(11,3-1-2-5-4-19-5)7(12,13)8(14,15)9(16,17)18/h5H,1-4H2. The van der Waals surface area contributed by atoms with Gasteiger partial charge in [0.05, 0.1) is 12.7 Å². The van der Waals surface area contributed by atoms with Crippen LogP contribution in [0.5, 0.6) is 0 Å². The molecule has 1 fully saturated rings. The van der Waals surface area contributed by atoms with Crippen molar-refractivity contribution in [2.24, 2.45) is 0 Å². The van der Waals surface area contributed by atoms with Gasteiger partial charge in [-0.15, -0.1) is 0 Å². The number of epoxide rings is 1. The van der Waals surface area contributed by atoms with Crippen LogP contribution in [0.25, 0.3) is 0 Å². The van der Waals surface area contributed by atoms with Gasteiger partial charge in [-0.1, -0.05) is 0 Å². The average Bonchev–Trinajstić information content (AvgIpc) is 2.99. The molecule has 10 heteroatoms. The summed E-state index contributed by atoms with van der Waals surface area (Å²) in [6.07, 6.45) is -9.66. The van der Waals surface area contributed by atoms with Crippen LogP contribution in [0, 0.1) is 0 Å². The van der Waals surface area contributed by atoms with Gasteiger partial charge in [-0.2, -0.15) is 39.5 Å². The predicted octanol–water partition coefficient (Wildman–Crippen LogP) is 4.02. The lowest BCUT2D eigenvalue weighted by molar-refractivity contribution is -0.396. The summed E-state index contributed by atoms with van der Waals surface area (Å²) in [6.45, 7) is 0.237. The molecule has 1 saturated heterocycles. The highest BCUT2D eigenvalue weighted by Crippen LogP contribution is 2.54. The van der Waals surface area contributed by atoms with Gasteiger partial charge in [0.15, 0.2) is 0 Å². The minimum Gasteiger partial charge on any atom is -0.373 e. The van der Waals surface area contributed by atoms with Gasteiger partial charge in [0.25, 0.3) is 0 Å². The van der Waals surface area contributed by atoms with E-state index < -0.39 is 42.9 Å². The van der Waals surface area contributed by atoms with Crippen molar-refractivity contribution in [2.45, 2.75) is 49.3 Å². The Morgan fingerprint density at radius 3 is 1.68 bits per heavy atom. The highest BCUT2D eigenvalue weighted by atomic mass is 19.4. The fourth-order valence-electron chi connectivity index (χ4n) is 1.35. The van der Waals surface area contributed by atoms with Crippen LogP contribution in [-0.4, -0.2) is 36.7 Å². The van der Waals surface area contributed by atoms with Crippen LogP contribution in [0.3, 0.4) is 0 Å². The molecule has 0 amide bonds. The van der Waals surface area contributed by atoms with Crippen LogP contribution in [-0.2, 0) is 4.74 Å². The number of halogens is 9. The maximum Gasteiger partial charge on any atom is 0.460 e. The van der Waals surface area contributed by atoms with E-state index in [1.165, 1.54) is 0 Å². The normalized spacial score (nSPS) is 21.6. The predicted molar refractivity (Wildman–Crippen MR) is 44.5 cm³/mol. The SMILES string of the molecule is FC(F)(F)C(F)(F)C(F)(F)C(F)(F)CCCC1CO1. The van der Waals surface area contributed by atoms with Crippen molar-refractivity contribution >= 4 is 0 Å². The zero-order valence-electron chi connectivity index (χ0n) is 9.22. The monoisotopic (exact) mass is 304 g/mol. The second-order valence-corrected chi connectivity index (χ2v) is 4.20. The van der Waals surface area contributed by atoms with E-state index in [9.17, 15) is 39.5 Å². The van der Waals surface area contributed by atoms with E-state index in [4.69, 9.17) is 0 Å². The molecular weight excluding hydrogens is 295 g/mol. The molecule has 19 heavy (non-hydrogen) atoms. The Balaban J connectivity index is 2.76. The molecule has 0 bridgehead atoms. The minimum absolute atomic E-state index is 0.0940. The first-order chi connectivity index (χ1) is 8.33. The Kier molecular flexibility index (Phi) is 4.06. The fraction of sp³-hybridized carbons (Fsp3) is 1.00. The van der Waals surface area contributed by atoms with Gasteiger partial charge in [0, 0.05) is 6.42 Å². The molecule has 0 aliphatic carbocycles. The molecule has 114 valence electrons. The highest BCUT2D eigenvalue weighted by molar-refractivity contribution is 5.00. The van der Waals surface area contributed by atoms with Gasteiger partial charge in [0.2, 0.25) is 0 Å². The van der Waals surface area contributed by atoms with Crippen LogP contribution in [0.4, 0.5) is 39.5 Å². The Morgan fingerprint density at radius 1 is 0.842 bits per heavy atom. The summed E-state index contributed by atoms with van der Waals surface area (Å²) in [5.41, 5.74) is 0. The molecule has 1 aliphatic heterocycles. The molecule has 0 saturated carbocycles. The molecule has 1 rings (SSSR count). The van der Waals surface area contributed by atoms with Gasteiger partial charge in [0.1, 0.15) is 0 Å². The lowest BCUT2D eigenvalue weighted by atomic mass is 9.98. The first-order valence-corrected chi connectivity index (χ1v) is 5.15. The summed E-state index contributed by atoms with van der Waals surface area (Å²) in [5, 5.41) is 0. The van der Waals surface area contributed by atoms with Crippen molar-refractivity contribution in [1.29, 1.82) is 0 Å². The van der Waals surface area contributed by atoms with Crippen LogP contribution in [0.2, 0.25) is 0 Å². The van der Waals surface area contributed by atoms with Crippen molar-refractivity contribution in [1.82, 2.24) is 0 Å². The van der Waals surface area contributed by atoms with E-state index in [2.05, 4.69) is 4.74 Å². The molecule has 0 N–H and O–H groups in total. The Bertz CT molecular complexity index is 318. The Morgan fingerprint density at radius 2 is 1.32 bits per heavy atom. The topological polar surface area (TPSA) is 12.5 Å². The molecule has 1 heterocycles. The summed E-state index contributed by atoms with van der Waals surface area (Å²) in [5.74, 6) is -18.7. The molecule has 1 nitrogen and oxygen atoms in total. The largest absolute Gasteiger partial charge is 0.460 e.